The van der Waals surface area contributed by atoms with Gasteiger partial charge in [0.05, 0.1) is 5.56 Å². The number of hydrogen-bond donors (Lipinski definition) is 1. The maximum atomic E-state index is 13.6. The van der Waals surface area contributed by atoms with E-state index in [9.17, 15) is 9.90 Å². The van der Waals surface area contributed by atoms with E-state index in [-0.39, 0.29) is 17.6 Å². The summed E-state index contributed by atoms with van der Waals surface area (Å²) in [6.45, 7) is 6.76. The van der Waals surface area contributed by atoms with E-state index in [1.807, 2.05) is 75.4 Å². The van der Waals surface area contributed by atoms with Gasteiger partial charge in [-0.25, -0.2) is 0 Å². The Morgan fingerprint density at radius 2 is 1.68 bits per heavy atom. The first kappa shape index (κ1) is 19.6. The van der Waals surface area contributed by atoms with Crippen LogP contribution in [0.4, 0.5) is 0 Å². The third-order valence-corrected chi connectivity index (χ3v) is 4.85. The Kier molecular flexibility index (Phi) is 6.09. The number of aryl methyl sites for hydroxylation is 1. The number of aromatic hydroxyl groups is 1. The molecule has 144 valence electrons. The number of benzene rings is 2. The molecule has 1 aromatic heterocycles. The fraction of sp³-hybridized carbons (Fsp3) is 0.250. The normalized spacial score (nSPS) is 10.9. The van der Waals surface area contributed by atoms with Crippen LogP contribution in [0.5, 0.6) is 5.75 Å². The summed E-state index contributed by atoms with van der Waals surface area (Å²) in [6.07, 6.45) is 3.49. The highest BCUT2D eigenvalue weighted by molar-refractivity contribution is 5.99. The molecule has 1 amide bonds. The van der Waals surface area contributed by atoms with Gasteiger partial charge < -0.3 is 10.0 Å². The number of carbonyl (C=O) groups is 1. The van der Waals surface area contributed by atoms with Gasteiger partial charge in [-0.3, -0.25) is 9.78 Å². The van der Waals surface area contributed by atoms with Crippen molar-refractivity contribution in [3.05, 3.63) is 94.8 Å². The van der Waals surface area contributed by atoms with E-state index in [0.717, 1.165) is 16.7 Å². The fourth-order valence-corrected chi connectivity index (χ4v) is 3.29. The molecule has 0 aliphatic rings. The zero-order valence-electron chi connectivity index (χ0n) is 16.6. The molecule has 0 aliphatic heterocycles. The van der Waals surface area contributed by atoms with Crippen LogP contribution in [0.15, 0.2) is 67.0 Å². The van der Waals surface area contributed by atoms with Crippen LogP contribution in [0.3, 0.4) is 0 Å². The van der Waals surface area contributed by atoms with Gasteiger partial charge in [0.2, 0.25) is 0 Å². The molecule has 1 N–H and O–H groups in total. The maximum absolute atomic E-state index is 13.6. The lowest BCUT2D eigenvalue weighted by atomic mass is 9.93. The molecule has 4 heteroatoms. The first-order valence-electron chi connectivity index (χ1n) is 9.52. The monoisotopic (exact) mass is 374 g/mol. The van der Waals surface area contributed by atoms with Crippen LogP contribution >= 0.6 is 0 Å². The molecule has 0 saturated heterocycles. The minimum absolute atomic E-state index is 0.0699. The fourth-order valence-electron chi connectivity index (χ4n) is 3.29. The topological polar surface area (TPSA) is 53.4 Å². The average Bonchev–Trinajstić information content (AvgIpc) is 2.70. The van der Waals surface area contributed by atoms with E-state index < -0.39 is 0 Å². The van der Waals surface area contributed by atoms with Crippen LogP contribution in [0.25, 0.3) is 0 Å². The van der Waals surface area contributed by atoms with E-state index in [1.165, 1.54) is 0 Å². The molecule has 4 nitrogen and oxygen atoms in total. The van der Waals surface area contributed by atoms with Crippen molar-refractivity contribution in [3.63, 3.8) is 0 Å². The number of rotatable bonds is 6. The minimum atomic E-state index is -0.169. The summed E-state index contributed by atoms with van der Waals surface area (Å²) in [5.74, 6) is 0.0282. The first-order chi connectivity index (χ1) is 13.5. The van der Waals surface area contributed by atoms with E-state index in [4.69, 9.17) is 0 Å². The Morgan fingerprint density at radius 1 is 1.00 bits per heavy atom. The van der Waals surface area contributed by atoms with Gasteiger partial charge in [0.25, 0.3) is 5.91 Å². The third-order valence-electron chi connectivity index (χ3n) is 4.85. The van der Waals surface area contributed by atoms with Gasteiger partial charge in [-0.15, -0.1) is 0 Å². The van der Waals surface area contributed by atoms with Crippen LogP contribution in [-0.2, 0) is 13.1 Å². The lowest BCUT2D eigenvalue weighted by Crippen LogP contribution is -2.31. The molecule has 3 rings (SSSR count). The SMILES string of the molecule is Cc1ccc(C(C)C)c(C(=O)N(Cc2ccccc2)Cc2cccnc2)c1O. The summed E-state index contributed by atoms with van der Waals surface area (Å²) >= 11 is 0. The van der Waals surface area contributed by atoms with Crippen LogP contribution in [-0.4, -0.2) is 20.9 Å². The molecule has 0 atom stereocenters. The smallest absolute Gasteiger partial charge is 0.258 e. The van der Waals surface area contributed by atoms with Gasteiger partial charge >= 0.3 is 0 Å². The van der Waals surface area contributed by atoms with Crippen molar-refractivity contribution in [3.8, 4) is 5.75 Å². The molecule has 0 bridgehead atoms. The maximum Gasteiger partial charge on any atom is 0.258 e. The second kappa shape index (κ2) is 8.70. The predicted octanol–water partition coefficient (Wildman–Crippen LogP) is 5.06. The lowest BCUT2D eigenvalue weighted by molar-refractivity contribution is 0.0725. The number of phenols is 1. The van der Waals surface area contributed by atoms with Crippen LogP contribution < -0.4 is 0 Å². The second-order valence-corrected chi connectivity index (χ2v) is 7.36. The minimum Gasteiger partial charge on any atom is -0.507 e. The summed E-state index contributed by atoms with van der Waals surface area (Å²) in [6, 6.07) is 17.5. The molecule has 0 unspecified atom stereocenters. The quantitative estimate of drug-likeness (QED) is 0.656. The van der Waals surface area contributed by atoms with Crippen LogP contribution in [0.2, 0.25) is 0 Å². The van der Waals surface area contributed by atoms with Gasteiger partial charge in [-0.2, -0.15) is 0 Å². The largest absolute Gasteiger partial charge is 0.507 e. The number of pyridine rings is 1. The van der Waals surface area contributed by atoms with E-state index >= 15 is 0 Å². The number of hydrogen-bond acceptors (Lipinski definition) is 3. The Bertz CT molecular complexity index is 896. The molecule has 1 heterocycles. The van der Waals surface area contributed by atoms with Gasteiger partial charge in [0.1, 0.15) is 5.75 Å². The van der Waals surface area contributed by atoms with Crippen molar-refractivity contribution in [2.45, 2.75) is 39.8 Å². The Labute approximate surface area is 166 Å². The molecular formula is C24H26N2O2. The first-order valence-corrected chi connectivity index (χ1v) is 9.52. The standard InChI is InChI=1S/C24H26N2O2/c1-17(2)21-12-11-18(3)23(27)22(21)24(28)26(15-19-8-5-4-6-9-19)16-20-10-7-13-25-14-20/h4-14,17,27H,15-16H2,1-3H3. The highest BCUT2D eigenvalue weighted by Gasteiger charge is 2.25. The van der Waals surface area contributed by atoms with Crippen molar-refractivity contribution in [1.82, 2.24) is 9.88 Å². The van der Waals surface area contributed by atoms with E-state index in [0.29, 0.717) is 24.2 Å². The van der Waals surface area contributed by atoms with Crippen molar-refractivity contribution in [2.75, 3.05) is 0 Å². The summed E-state index contributed by atoms with van der Waals surface area (Å²) in [5, 5.41) is 10.7. The average molecular weight is 374 g/mol. The molecular weight excluding hydrogens is 348 g/mol. The molecule has 0 saturated carbocycles. The molecule has 28 heavy (non-hydrogen) atoms. The molecule has 3 aromatic rings. The Balaban J connectivity index is 2.02. The molecule has 2 aromatic carbocycles. The van der Waals surface area contributed by atoms with Crippen molar-refractivity contribution < 1.29 is 9.90 Å². The lowest BCUT2D eigenvalue weighted by Gasteiger charge is -2.26. The zero-order valence-corrected chi connectivity index (χ0v) is 16.6. The Hall–Kier alpha value is -3.14. The van der Waals surface area contributed by atoms with Gasteiger partial charge in [0.15, 0.2) is 0 Å². The van der Waals surface area contributed by atoms with E-state index in [2.05, 4.69) is 4.98 Å². The number of aromatic nitrogens is 1. The molecule has 0 fully saturated rings. The van der Waals surface area contributed by atoms with Gasteiger partial charge in [-0.05, 0) is 41.2 Å². The third kappa shape index (κ3) is 4.39. The van der Waals surface area contributed by atoms with Crippen LogP contribution in [0.1, 0.15) is 52.4 Å². The van der Waals surface area contributed by atoms with Crippen molar-refractivity contribution in [1.29, 1.82) is 0 Å². The summed E-state index contributed by atoms with van der Waals surface area (Å²) in [7, 11) is 0. The van der Waals surface area contributed by atoms with Crippen molar-refractivity contribution in [2.24, 2.45) is 0 Å². The highest BCUT2D eigenvalue weighted by Crippen LogP contribution is 2.32. The second-order valence-electron chi connectivity index (χ2n) is 7.36. The van der Waals surface area contributed by atoms with Gasteiger partial charge in [-0.1, -0.05) is 62.4 Å². The number of phenolic OH excluding ortho intramolecular Hbond substituents is 1. The highest BCUT2D eigenvalue weighted by atomic mass is 16.3. The predicted molar refractivity (Wildman–Crippen MR) is 111 cm³/mol. The summed E-state index contributed by atoms with van der Waals surface area (Å²) < 4.78 is 0. The number of amides is 1. The Morgan fingerprint density at radius 3 is 2.32 bits per heavy atom. The zero-order chi connectivity index (χ0) is 20.1. The van der Waals surface area contributed by atoms with Crippen LogP contribution in [0, 0.1) is 6.92 Å². The summed E-state index contributed by atoms with van der Waals surface area (Å²) in [5.41, 5.74) is 3.95. The molecule has 0 radical (unpaired) electrons. The number of nitrogens with zero attached hydrogens (tertiary/aromatic N) is 2. The van der Waals surface area contributed by atoms with Crippen molar-refractivity contribution >= 4 is 5.91 Å². The molecule has 0 aliphatic carbocycles. The molecule has 0 spiro atoms. The van der Waals surface area contributed by atoms with E-state index in [1.54, 1.807) is 17.3 Å². The summed E-state index contributed by atoms with van der Waals surface area (Å²) in [4.78, 5) is 19.5. The number of carbonyl (C=O) groups excluding carboxylic acids is 1. The van der Waals surface area contributed by atoms with Gasteiger partial charge in [0, 0.05) is 25.5 Å².